The molecule has 7 nitrogen and oxygen atoms in total. The van der Waals surface area contributed by atoms with Crippen molar-refractivity contribution in [1.82, 2.24) is 5.32 Å². The van der Waals surface area contributed by atoms with Crippen molar-refractivity contribution in [2.75, 3.05) is 25.7 Å². The number of hydrogen-bond acceptors (Lipinski definition) is 6. The number of ether oxygens (including phenoxy) is 2. The van der Waals surface area contributed by atoms with Crippen LogP contribution in [0.2, 0.25) is 5.02 Å². The second-order valence-corrected chi connectivity index (χ2v) is 6.95. The molecule has 1 aliphatic heterocycles. The number of allylic oxidation sites excluding steroid dienone is 1. The first-order valence-electron chi connectivity index (χ1n) is 8.78. The van der Waals surface area contributed by atoms with Crippen LogP contribution in [0.3, 0.4) is 0 Å². The Morgan fingerprint density at radius 3 is 2.69 bits per heavy atom. The minimum Gasteiger partial charge on any atom is -0.478 e. The first kappa shape index (κ1) is 22.8. The van der Waals surface area contributed by atoms with Gasteiger partial charge in [0.15, 0.2) is 0 Å². The Labute approximate surface area is 178 Å². The number of aliphatic carboxylic acids is 1. The monoisotopic (exact) mass is 438 g/mol. The number of carboxylic acids is 1. The summed E-state index contributed by atoms with van der Waals surface area (Å²) in [6.07, 6.45) is 0.0342. The van der Waals surface area contributed by atoms with E-state index in [1.165, 1.54) is 0 Å². The van der Waals surface area contributed by atoms with Gasteiger partial charge in [-0.1, -0.05) is 23.7 Å². The Morgan fingerprint density at radius 2 is 2.07 bits per heavy atom. The minimum atomic E-state index is -1.21. The molecule has 0 amide bonds. The molecule has 1 unspecified atom stereocenters. The van der Waals surface area contributed by atoms with Crippen LogP contribution in [0.15, 0.2) is 46.8 Å². The SMILES string of the molecule is CC1=C(C(=O)OCCC#N)C(c2cccc(Cl)c2)C(C(=O)O)=C(COCCCl)N1. The molecule has 0 aromatic heterocycles. The first-order valence-corrected chi connectivity index (χ1v) is 9.69. The number of alkyl halides is 1. The standard InChI is InChI=1S/C20H20Cl2N2O5/c1-12-16(20(27)29-8-3-7-23)17(13-4-2-5-14(22)10-13)18(19(25)26)15(24-12)11-28-9-6-21/h2,4-5,10,17,24H,3,6,8-9,11H2,1H3,(H,25,26). The maximum absolute atomic E-state index is 12.8. The van der Waals surface area contributed by atoms with Crippen LogP contribution < -0.4 is 5.32 Å². The molecule has 9 heteroatoms. The molecule has 0 fully saturated rings. The van der Waals surface area contributed by atoms with Gasteiger partial charge in [-0.05, 0) is 24.6 Å². The number of nitrogens with one attached hydrogen (secondary N) is 1. The molecule has 29 heavy (non-hydrogen) atoms. The van der Waals surface area contributed by atoms with Crippen molar-refractivity contribution in [1.29, 1.82) is 5.26 Å². The topological polar surface area (TPSA) is 109 Å². The van der Waals surface area contributed by atoms with Gasteiger partial charge in [0.25, 0.3) is 0 Å². The highest BCUT2D eigenvalue weighted by atomic mass is 35.5. The summed E-state index contributed by atoms with van der Waals surface area (Å²) in [4.78, 5) is 24.9. The number of carboxylic acid groups (broad SMARTS) is 1. The van der Waals surface area contributed by atoms with Crippen molar-refractivity contribution >= 4 is 35.1 Å². The van der Waals surface area contributed by atoms with Crippen molar-refractivity contribution in [2.24, 2.45) is 0 Å². The average Bonchev–Trinajstić information content (AvgIpc) is 2.67. The third kappa shape index (κ3) is 5.73. The first-order chi connectivity index (χ1) is 13.9. The lowest BCUT2D eigenvalue weighted by Gasteiger charge is -2.30. The van der Waals surface area contributed by atoms with Crippen molar-refractivity contribution < 1.29 is 24.2 Å². The summed E-state index contributed by atoms with van der Waals surface area (Å²) >= 11 is 11.7. The van der Waals surface area contributed by atoms with E-state index in [0.717, 1.165) is 0 Å². The van der Waals surface area contributed by atoms with Crippen molar-refractivity contribution in [2.45, 2.75) is 19.3 Å². The third-order valence-corrected chi connectivity index (χ3v) is 4.58. The summed E-state index contributed by atoms with van der Waals surface area (Å²) < 4.78 is 10.6. The minimum absolute atomic E-state index is 0.0144. The van der Waals surface area contributed by atoms with E-state index in [1.807, 2.05) is 6.07 Å². The fourth-order valence-electron chi connectivity index (χ4n) is 3.05. The highest BCUT2D eigenvalue weighted by Crippen LogP contribution is 2.39. The van der Waals surface area contributed by atoms with Crippen molar-refractivity contribution in [3.63, 3.8) is 0 Å². The molecule has 1 atom stereocenters. The highest BCUT2D eigenvalue weighted by Gasteiger charge is 2.38. The van der Waals surface area contributed by atoms with Gasteiger partial charge in [0.05, 0.1) is 48.5 Å². The lowest BCUT2D eigenvalue weighted by molar-refractivity contribution is -0.139. The van der Waals surface area contributed by atoms with Gasteiger partial charge in [-0.15, -0.1) is 11.6 Å². The Kier molecular flexibility index (Phi) is 8.52. The van der Waals surface area contributed by atoms with Gasteiger partial charge in [0.1, 0.15) is 6.61 Å². The summed E-state index contributed by atoms with van der Waals surface area (Å²) in [7, 11) is 0. The molecule has 0 saturated heterocycles. The van der Waals surface area contributed by atoms with E-state index < -0.39 is 17.9 Å². The predicted octanol–water partition coefficient (Wildman–Crippen LogP) is 3.35. The number of carbonyl (C=O) groups is 2. The number of dihydropyridines is 1. The van der Waals surface area contributed by atoms with Crippen LogP contribution >= 0.6 is 23.2 Å². The predicted molar refractivity (Wildman–Crippen MR) is 107 cm³/mol. The van der Waals surface area contributed by atoms with Gasteiger partial charge in [0.2, 0.25) is 0 Å². The quantitative estimate of drug-likeness (QED) is 0.345. The van der Waals surface area contributed by atoms with Crippen LogP contribution in [0.4, 0.5) is 0 Å². The second kappa shape index (κ2) is 10.9. The van der Waals surface area contributed by atoms with Crippen LogP contribution in [-0.4, -0.2) is 42.7 Å². The average molecular weight is 439 g/mol. The van der Waals surface area contributed by atoms with Gasteiger partial charge in [-0.3, -0.25) is 0 Å². The fourth-order valence-corrected chi connectivity index (χ4v) is 3.36. The Morgan fingerprint density at radius 1 is 1.31 bits per heavy atom. The van der Waals surface area contributed by atoms with E-state index in [9.17, 15) is 14.7 Å². The zero-order valence-corrected chi connectivity index (χ0v) is 17.2. The van der Waals surface area contributed by atoms with Crippen LogP contribution in [0.5, 0.6) is 0 Å². The molecule has 154 valence electrons. The molecule has 1 aromatic rings. The van der Waals surface area contributed by atoms with E-state index in [2.05, 4.69) is 5.32 Å². The van der Waals surface area contributed by atoms with Gasteiger partial charge in [-0.25, -0.2) is 9.59 Å². The molecule has 1 heterocycles. The zero-order valence-electron chi connectivity index (χ0n) is 15.7. The van der Waals surface area contributed by atoms with E-state index in [-0.39, 0.29) is 43.3 Å². The van der Waals surface area contributed by atoms with Crippen LogP contribution in [0.1, 0.15) is 24.8 Å². The van der Waals surface area contributed by atoms with Gasteiger partial charge in [-0.2, -0.15) is 5.26 Å². The number of esters is 1. The molecule has 0 aliphatic carbocycles. The van der Waals surface area contributed by atoms with Gasteiger partial charge >= 0.3 is 11.9 Å². The maximum atomic E-state index is 12.8. The summed E-state index contributed by atoms with van der Waals surface area (Å²) in [5, 5.41) is 22.0. The molecular weight excluding hydrogens is 419 g/mol. The number of rotatable bonds is 9. The summed E-state index contributed by atoms with van der Waals surface area (Å²) in [5.41, 5.74) is 1.38. The van der Waals surface area contributed by atoms with Crippen molar-refractivity contribution in [3.8, 4) is 6.07 Å². The van der Waals surface area contributed by atoms with E-state index >= 15 is 0 Å². The van der Waals surface area contributed by atoms with Crippen LogP contribution in [0, 0.1) is 11.3 Å². The molecule has 0 bridgehead atoms. The Hall–Kier alpha value is -2.53. The smallest absolute Gasteiger partial charge is 0.336 e. The van der Waals surface area contributed by atoms with Crippen LogP contribution in [-0.2, 0) is 19.1 Å². The largest absolute Gasteiger partial charge is 0.478 e. The molecule has 1 aromatic carbocycles. The zero-order chi connectivity index (χ0) is 21.4. The summed E-state index contributed by atoms with van der Waals surface area (Å²) in [5.74, 6) is -2.56. The number of hydrogen-bond donors (Lipinski definition) is 2. The third-order valence-electron chi connectivity index (χ3n) is 4.19. The van der Waals surface area contributed by atoms with Crippen LogP contribution in [0.25, 0.3) is 0 Å². The summed E-state index contributed by atoms with van der Waals surface area (Å²) in [6.45, 7) is 1.79. The lowest BCUT2D eigenvalue weighted by atomic mass is 9.80. The number of halogens is 2. The van der Waals surface area contributed by atoms with E-state index in [0.29, 0.717) is 22.0 Å². The number of nitriles is 1. The second-order valence-electron chi connectivity index (χ2n) is 6.13. The molecule has 2 N–H and O–H groups in total. The molecule has 0 spiro atoms. The molecular formula is C20H20Cl2N2O5. The lowest BCUT2D eigenvalue weighted by Crippen LogP contribution is -2.34. The molecule has 0 radical (unpaired) electrons. The molecule has 2 rings (SSSR count). The van der Waals surface area contributed by atoms with Crippen molar-refractivity contribution in [3.05, 3.63) is 57.4 Å². The number of nitrogens with zero attached hydrogens (tertiary/aromatic N) is 1. The summed E-state index contributed by atoms with van der Waals surface area (Å²) in [6, 6.07) is 8.52. The number of carbonyl (C=O) groups excluding carboxylic acids is 1. The molecule has 1 aliphatic rings. The fraction of sp³-hybridized carbons (Fsp3) is 0.350. The highest BCUT2D eigenvalue weighted by molar-refractivity contribution is 6.30. The van der Waals surface area contributed by atoms with E-state index in [4.69, 9.17) is 37.9 Å². The van der Waals surface area contributed by atoms with Gasteiger partial charge < -0.3 is 19.9 Å². The number of benzene rings is 1. The molecule has 0 saturated carbocycles. The maximum Gasteiger partial charge on any atom is 0.336 e. The van der Waals surface area contributed by atoms with Gasteiger partial charge in [0, 0.05) is 16.6 Å². The van der Waals surface area contributed by atoms with E-state index in [1.54, 1.807) is 31.2 Å². The normalized spacial score (nSPS) is 16.3. The Bertz CT molecular complexity index is 889. The Balaban J connectivity index is 2.55.